The second-order valence-electron chi connectivity index (χ2n) is 4.81. The van der Waals surface area contributed by atoms with Gasteiger partial charge in [-0.05, 0) is 38.5 Å². The highest BCUT2D eigenvalue weighted by atomic mass is 13.9. The molecule has 0 aromatic carbocycles. The van der Waals surface area contributed by atoms with Gasteiger partial charge in [-0.3, -0.25) is 0 Å². The third-order valence-electron chi connectivity index (χ3n) is 3.07. The van der Waals surface area contributed by atoms with Gasteiger partial charge in [-0.1, -0.05) is 63.7 Å². The average molecular weight is 235 g/mol. The van der Waals surface area contributed by atoms with Crippen molar-refractivity contribution < 1.29 is 0 Å². The third kappa shape index (κ3) is 15.5. The van der Waals surface area contributed by atoms with Gasteiger partial charge in [0.1, 0.15) is 0 Å². The van der Waals surface area contributed by atoms with Crippen LogP contribution >= 0.6 is 0 Å². The van der Waals surface area contributed by atoms with Crippen molar-refractivity contribution in [3.8, 4) is 0 Å². The zero-order valence-electron chi connectivity index (χ0n) is 11.6. The summed E-state index contributed by atoms with van der Waals surface area (Å²) in [5.74, 6) is 0. The normalized spacial score (nSPS) is 11.1. The second-order valence-corrected chi connectivity index (χ2v) is 4.81. The van der Waals surface area contributed by atoms with Gasteiger partial charge in [0.2, 0.25) is 0 Å². The lowest BCUT2D eigenvalue weighted by Gasteiger charge is -1.98. The molecule has 0 heterocycles. The Labute approximate surface area is 109 Å². The van der Waals surface area contributed by atoms with Crippen LogP contribution in [-0.2, 0) is 0 Å². The third-order valence-corrected chi connectivity index (χ3v) is 3.07. The van der Waals surface area contributed by atoms with Gasteiger partial charge < -0.3 is 0 Å². The maximum atomic E-state index is 3.86. The molecule has 0 N–H and O–H groups in total. The summed E-state index contributed by atoms with van der Waals surface area (Å²) in [5, 5.41) is 0. The fourth-order valence-electron chi connectivity index (χ4n) is 1.93. The first-order valence-corrected chi connectivity index (χ1v) is 7.47. The molecule has 0 aromatic heterocycles. The van der Waals surface area contributed by atoms with Crippen molar-refractivity contribution in [1.29, 1.82) is 0 Å². The Morgan fingerprint density at radius 3 is 1.65 bits per heavy atom. The van der Waals surface area contributed by atoms with Gasteiger partial charge in [-0.2, -0.15) is 0 Å². The summed E-state index contributed by atoms with van der Waals surface area (Å²) < 4.78 is 0. The predicted octanol–water partition coefficient (Wildman–Crippen LogP) is 6.24. The minimum atomic E-state index is 1.10. The van der Waals surface area contributed by atoms with Crippen molar-refractivity contribution in [2.75, 3.05) is 0 Å². The van der Waals surface area contributed by atoms with E-state index in [4.69, 9.17) is 0 Å². The predicted molar refractivity (Wildman–Crippen MR) is 80.1 cm³/mol. The van der Waals surface area contributed by atoms with Crippen molar-refractivity contribution in [2.24, 2.45) is 0 Å². The van der Waals surface area contributed by atoms with Gasteiger partial charge in [0.05, 0.1) is 0 Å². The Bertz CT molecular complexity index is 167. The highest BCUT2D eigenvalue weighted by Gasteiger charge is 1.88. The number of allylic oxidation sites excluding steroid dienone is 3. The lowest BCUT2D eigenvalue weighted by Crippen LogP contribution is -1.78. The Morgan fingerprint density at radius 1 is 0.588 bits per heavy atom. The first-order valence-electron chi connectivity index (χ1n) is 7.47. The van der Waals surface area contributed by atoms with E-state index >= 15 is 0 Å². The number of unbranched alkanes of at least 4 members (excludes halogenated alkanes) is 10. The summed E-state index contributed by atoms with van der Waals surface area (Å²) in [5.41, 5.74) is 0. The second kappa shape index (κ2) is 15.5. The quantitative estimate of drug-likeness (QED) is 0.262. The van der Waals surface area contributed by atoms with Crippen molar-refractivity contribution in [2.45, 2.75) is 77.0 Å². The van der Waals surface area contributed by atoms with Crippen LogP contribution in [0.4, 0.5) is 0 Å². The Hall–Kier alpha value is -0.520. The van der Waals surface area contributed by atoms with Gasteiger partial charge in [-0.15, -0.1) is 6.58 Å². The molecule has 99 valence electrons. The molecule has 0 saturated carbocycles. The molecule has 0 rings (SSSR count). The topological polar surface area (TPSA) is 0 Å². The van der Waals surface area contributed by atoms with E-state index in [0.717, 1.165) is 6.42 Å². The molecular weight excluding hydrogens is 204 g/mol. The molecule has 0 bridgehead atoms. The molecule has 0 aliphatic carbocycles. The standard InChI is InChI=1S/C17H31/c1-3-5-7-9-11-13-15-17-16-14-12-10-8-6-4-2/h3,15,17H,1-2,4-14,16H2/b17-15+. The van der Waals surface area contributed by atoms with E-state index < -0.39 is 0 Å². The Balaban J connectivity index is 3.01. The molecule has 0 saturated heterocycles. The summed E-state index contributed by atoms with van der Waals surface area (Å²) >= 11 is 0. The zero-order chi connectivity index (χ0) is 12.6. The van der Waals surface area contributed by atoms with E-state index in [2.05, 4.69) is 25.7 Å². The van der Waals surface area contributed by atoms with Crippen LogP contribution in [-0.4, -0.2) is 0 Å². The Morgan fingerprint density at radius 2 is 1.06 bits per heavy atom. The first kappa shape index (κ1) is 16.5. The maximum absolute atomic E-state index is 3.86. The summed E-state index contributed by atoms with van der Waals surface area (Å²) in [7, 11) is 0. The lowest BCUT2D eigenvalue weighted by atomic mass is 10.1. The maximum Gasteiger partial charge on any atom is -0.0351 e. The van der Waals surface area contributed by atoms with Gasteiger partial charge in [-0.25, -0.2) is 0 Å². The molecule has 0 aliphatic rings. The molecule has 0 fully saturated rings. The smallest absolute Gasteiger partial charge is 0.0351 e. The van der Waals surface area contributed by atoms with Crippen molar-refractivity contribution >= 4 is 0 Å². The van der Waals surface area contributed by atoms with Crippen LogP contribution in [0.15, 0.2) is 24.8 Å². The first-order chi connectivity index (χ1) is 8.41. The zero-order valence-corrected chi connectivity index (χ0v) is 11.6. The van der Waals surface area contributed by atoms with Gasteiger partial charge in [0.25, 0.3) is 0 Å². The van der Waals surface area contributed by atoms with Crippen LogP contribution in [0.25, 0.3) is 0 Å². The van der Waals surface area contributed by atoms with Crippen molar-refractivity contribution in [1.82, 2.24) is 0 Å². The molecule has 0 nitrogen and oxygen atoms in total. The van der Waals surface area contributed by atoms with E-state index in [0.29, 0.717) is 0 Å². The Kier molecular flexibility index (Phi) is 15.0. The minimum absolute atomic E-state index is 1.10. The largest absolute Gasteiger partial charge is 0.103 e. The molecule has 0 heteroatoms. The highest BCUT2D eigenvalue weighted by Crippen LogP contribution is 2.08. The molecule has 1 radical (unpaired) electrons. The molecule has 0 amide bonds. The van der Waals surface area contributed by atoms with Gasteiger partial charge in [0.15, 0.2) is 0 Å². The SMILES string of the molecule is [CH2]CCCCCCC/C=C/CCCCCC=C. The molecule has 0 atom stereocenters. The summed E-state index contributed by atoms with van der Waals surface area (Å²) in [6.45, 7) is 7.60. The van der Waals surface area contributed by atoms with Crippen LogP contribution in [0, 0.1) is 6.92 Å². The van der Waals surface area contributed by atoms with Gasteiger partial charge in [0, 0.05) is 0 Å². The molecule has 17 heavy (non-hydrogen) atoms. The van der Waals surface area contributed by atoms with Crippen LogP contribution in [0.3, 0.4) is 0 Å². The number of rotatable bonds is 13. The summed E-state index contributed by atoms with van der Waals surface area (Å²) in [6, 6.07) is 0. The molecule has 0 aromatic rings. The lowest BCUT2D eigenvalue weighted by molar-refractivity contribution is 0.620. The van der Waals surface area contributed by atoms with Gasteiger partial charge >= 0.3 is 0 Å². The number of hydrogen-bond donors (Lipinski definition) is 0. The van der Waals surface area contributed by atoms with E-state index in [1.807, 2.05) is 6.08 Å². The molecule has 0 unspecified atom stereocenters. The number of hydrogen-bond acceptors (Lipinski definition) is 0. The highest BCUT2D eigenvalue weighted by molar-refractivity contribution is 4.81. The van der Waals surface area contributed by atoms with E-state index in [-0.39, 0.29) is 0 Å². The van der Waals surface area contributed by atoms with Crippen LogP contribution in [0.5, 0.6) is 0 Å². The monoisotopic (exact) mass is 235 g/mol. The molecular formula is C17H31. The fourth-order valence-corrected chi connectivity index (χ4v) is 1.93. The van der Waals surface area contributed by atoms with Crippen LogP contribution < -0.4 is 0 Å². The molecule has 0 spiro atoms. The van der Waals surface area contributed by atoms with E-state index in [1.54, 1.807) is 0 Å². The fraction of sp³-hybridized carbons (Fsp3) is 0.706. The van der Waals surface area contributed by atoms with E-state index in [1.165, 1.54) is 70.6 Å². The summed E-state index contributed by atoms with van der Waals surface area (Å²) in [6.07, 6.45) is 22.4. The van der Waals surface area contributed by atoms with E-state index in [9.17, 15) is 0 Å². The molecule has 0 aliphatic heterocycles. The average Bonchev–Trinajstić information content (AvgIpc) is 2.35. The van der Waals surface area contributed by atoms with Crippen molar-refractivity contribution in [3.63, 3.8) is 0 Å². The van der Waals surface area contributed by atoms with Crippen LogP contribution in [0.1, 0.15) is 77.0 Å². The van der Waals surface area contributed by atoms with Crippen molar-refractivity contribution in [3.05, 3.63) is 31.7 Å². The minimum Gasteiger partial charge on any atom is -0.103 e. The van der Waals surface area contributed by atoms with Crippen LogP contribution in [0.2, 0.25) is 0 Å². The summed E-state index contributed by atoms with van der Waals surface area (Å²) in [4.78, 5) is 0.